The van der Waals surface area contributed by atoms with Crippen LogP contribution in [0, 0.1) is 6.92 Å². The van der Waals surface area contributed by atoms with Gasteiger partial charge in [-0.1, -0.05) is 0 Å². The molecule has 0 radical (unpaired) electrons. The van der Waals surface area contributed by atoms with E-state index in [4.69, 9.17) is 15.9 Å². The van der Waals surface area contributed by atoms with Gasteiger partial charge in [-0.15, -0.1) is 11.3 Å². The molecule has 2 aromatic rings. The molecule has 1 saturated carbocycles. The first-order valence-electron chi connectivity index (χ1n) is 9.51. The lowest BCUT2D eigenvalue weighted by atomic mass is 10.0. The number of aryl methyl sites for hydroxylation is 1. The smallest absolute Gasteiger partial charge is 0.316 e. The summed E-state index contributed by atoms with van der Waals surface area (Å²) in [5.74, 6) is 0.606. The average Bonchev–Trinajstić information content (AvgIpc) is 3.14. The third-order valence-corrected chi connectivity index (χ3v) is 6.85. The molecule has 4 rings (SSSR count). The Kier molecular flexibility index (Phi) is 6.37. The largest absolute Gasteiger partial charge is 0.384 e. The summed E-state index contributed by atoms with van der Waals surface area (Å²) in [6.07, 6.45) is 5.61. The number of carbonyl (C=O) groups excluding carboxylic acids is 1. The van der Waals surface area contributed by atoms with Crippen molar-refractivity contribution in [1.82, 2.24) is 9.97 Å². The van der Waals surface area contributed by atoms with E-state index in [2.05, 4.69) is 10.3 Å². The number of amides is 2. The second kappa shape index (κ2) is 8.47. The Balaban J connectivity index is 0.000000177. The molecule has 2 aliphatic rings. The van der Waals surface area contributed by atoms with Crippen molar-refractivity contribution in [3.8, 4) is 0 Å². The number of nitrogens with one attached hydrogen (secondary N) is 1. The fourth-order valence-corrected chi connectivity index (χ4v) is 4.80. The van der Waals surface area contributed by atoms with E-state index in [1.54, 1.807) is 19.2 Å². The minimum absolute atomic E-state index is 0.340. The molecule has 1 fully saturated rings. The molecule has 0 bridgehead atoms. The number of aliphatic hydroxyl groups is 1. The Bertz CT molecular complexity index is 948. The van der Waals surface area contributed by atoms with E-state index in [0.29, 0.717) is 16.0 Å². The summed E-state index contributed by atoms with van der Waals surface area (Å²) in [5.41, 5.74) is 10.4. The van der Waals surface area contributed by atoms with Gasteiger partial charge in [-0.2, -0.15) is 0 Å². The highest BCUT2D eigenvalue weighted by atomic mass is 32.2. The van der Waals surface area contributed by atoms with Crippen molar-refractivity contribution in [2.75, 3.05) is 5.32 Å². The zero-order valence-electron chi connectivity index (χ0n) is 16.8. The number of thiazole rings is 1. The first kappa shape index (κ1) is 21.8. The molecule has 0 aliphatic heterocycles. The zero-order chi connectivity index (χ0) is 21.3. The molecular weight excluding hydrogens is 410 g/mol. The fourth-order valence-electron chi connectivity index (χ4n) is 3.38. The van der Waals surface area contributed by atoms with Crippen LogP contribution in [0.3, 0.4) is 0 Å². The van der Waals surface area contributed by atoms with E-state index in [-0.39, 0.29) is 0 Å². The average molecular weight is 438 g/mol. The molecule has 8 nitrogen and oxygen atoms in total. The van der Waals surface area contributed by atoms with Gasteiger partial charge in [0.1, 0.15) is 5.60 Å². The number of nitrogens with zero attached hydrogens (tertiary/aromatic N) is 2. The van der Waals surface area contributed by atoms with Gasteiger partial charge in [0.25, 0.3) is 0 Å². The number of urea groups is 1. The molecule has 2 heterocycles. The molecular formula is C19H27N5O3S2. The first-order valence-corrected chi connectivity index (χ1v) is 11.6. The van der Waals surface area contributed by atoms with E-state index in [0.717, 1.165) is 30.5 Å². The van der Waals surface area contributed by atoms with Crippen molar-refractivity contribution in [3.05, 3.63) is 33.6 Å². The van der Waals surface area contributed by atoms with Crippen LogP contribution in [0.4, 0.5) is 10.5 Å². The van der Waals surface area contributed by atoms with Crippen molar-refractivity contribution in [2.45, 2.75) is 68.7 Å². The van der Waals surface area contributed by atoms with E-state index in [1.165, 1.54) is 41.1 Å². The van der Waals surface area contributed by atoms with Crippen LogP contribution in [-0.2, 0) is 29.4 Å². The highest BCUT2D eigenvalue weighted by Crippen LogP contribution is 2.44. The van der Waals surface area contributed by atoms with E-state index >= 15 is 0 Å². The number of aromatic nitrogens is 2. The third kappa shape index (κ3) is 5.19. The number of rotatable bonds is 4. The minimum atomic E-state index is -1.55. The summed E-state index contributed by atoms with van der Waals surface area (Å²) >= 11 is 1.19. The van der Waals surface area contributed by atoms with Crippen molar-refractivity contribution in [1.29, 1.82) is 0 Å². The molecule has 0 saturated heterocycles. The molecule has 158 valence electrons. The monoisotopic (exact) mass is 437 g/mol. The van der Waals surface area contributed by atoms with Crippen LogP contribution in [0.25, 0.3) is 0 Å². The lowest BCUT2D eigenvalue weighted by Crippen LogP contribution is -2.21. The Morgan fingerprint density at radius 1 is 1.34 bits per heavy atom. The highest BCUT2D eigenvalue weighted by molar-refractivity contribution is 7.84. The number of hydrogen-bond acceptors (Lipinski definition) is 6. The number of pyridine rings is 1. The zero-order valence-corrected chi connectivity index (χ0v) is 18.5. The first-order chi connectivity index (χ1) is 13.6. The summed E-state index contributed by atoms with van der Waals surface area (Å²) in [5, 5.41) is 19.0. The van der Waals surface area contributed by atoms with Crippen LogP contribution in [0.15, 0.2) is 9.72 Å². The maximum absolute atomic E-state index is 11.1. The number of anilines is 1. The molecule has 29 heavy (non-hydrogen) atoms. The standard InChI is InChI=1S/C13H17N3O.C6H10N2O2S2/c1-7-11(8-5-6-8)15-10-4-2-3-9(10)12(7)16-13(14)17;1-6(2,9)4-3-11-5(8-4)12(7)10/h8H,2-6H2,1H3,(H3,14,15,16,17);3,9H,7H2,1-2H3. The number of hydrogen-bond donors (Lipinski definition) is 4. The SMILES string of the molecule is CC(C)(O)c1csc(S(N)=O)n1.Cc1c(C2CC2)nc2c(c1NC(N)=O)CCC2. The van der Waals surface area contributed by atoms with Gasteiger partial charge in [0.05, 0.1) is 11.4 Å². The number of nitrogens with two attached hydrogens (primary N) is 2. The van der Waals surface area contributed by atoms with E-state index in [1.807, 2.05) is 6.92 Å². The maximum Gasteiger partial charge on any atom is 0.316 e. The second-order valence-electron chi connectivity index (χ2n) is 7.89. The number of carbonyl (C=O) groups is 1. The Morgan fingerprint density at radius 3 is 2.52 bits per heavy atom. The van der Waals surface area contributed by atoms with Crippen LogP contribution in [0.5, 0.6) is 0 Å². The van der Waals surface area contributed by atoms with Crippen molar-refractivity contribution in [2.24, 2.45) is 10.9 Å². The Hall–Kier alpha value is -1.88. The van der Waals surface area contributed by atoms with Crippen LogP contribution in [0.1, 0.15) is 67.2 Å². The van der Waals surface area contributed by atoms with Crippen LogP contribution >= 0.6 is 11.3 Å². The Labute approximate surface area is 176 Å². The molecule has 1 atom stereocenters. The molecule has 2 aromatic heterocycles. The highest BCUT2D eigenvalue weighted by Gasteiger charge is 2.31. The molecule has 6 N–H and O–H groups in total. The predicted molar refractivity (Wildman–Crippen MR) is 114 cm³/mol. The van der Waals surface area contributed by atoms with E-state index in [9.17, 15) is 14.1 Å². The summed E-state index contributed by atoms with van der Waals surface area (Å²) in [7, 11) is -1.55. The molecule has 1 unspecified atom stereocenters. The third-order valence-electron chi connectivity index (χ3n) is 5.00. The summed E-state index contributed by atoms with van der Waals surface area (Å²) < 4.78 is 11.1. The van der Waals surface area contributed by atoms with Gasteiger partial charge in [-0.25, -0.2) is 19.1 Å². The minimum Gasteiger partial charge on any atom is -0.384 e. The molecule has 2 amide bonds. The maximum atomic E-state index is 11.1. The number of fused-ring (bicyclic) bond motifs is 1. The van der Waals surface area contributed by atoms with E-state index < -0.39 is 22.6 Å². The summed E-state index contributed by atoms with van der Waals surface area (Å²) in [4.78, 5) is 19.8. The summed E-state index contributed by atoms with van der Waals surface area (Å²) in [6.45, 7) is 5.28. The molecule has 10 heteroatoms. The Morgan fingerprint density at radius 2 is 2.03 bits per heavy atom. The molecule has 0 aromatic carbocycles. The van der Waals surface area contributed by atoms with Crippen LogP contribution in [-0.4, -0.2) is 25.3 Å². The van der Waals surface area contributed by atoms with Gasteiger partial charge in [0.2, 0.25) is 0 Å². The lowest BCUT2D eigenvalue weighted by molar-refractivity contribution is 0.0741. The predicted octanol–water partition coefficient (Wildman–Crippen LogP) is 2.60. The van der Waals surface area contributed by atoms with Crippen LogP contribution < -0.4 is 16.2 Å². The van der Waals surface area contributed by atoms with Gasteiger partial charge in [-0.05, 0) is 64.0 Å². The van der Waals surface area contributed by atoms with Crippen LogP contribution in [0.2, 0.25) is 0 Å². The normalized spacial score (nSPS) is 16.6. The summed E-state index contributed by atoms with van der Waals surface area (Å²) in [6, 6.07) is -0.477. The van der Waals surface area contributed by atoms with Crippen molar-refractivity contribution < 1.29 is 14.1 Å². The van der Waals surface area contributed by atoms with Crippen molar-refractivity contribution in [3.63, 3.8) is 0 Å². The second-order valence-corrected chi connectivity index (χ2v) is 9.99. The fraction of sp³-hybridized carbons (Fsp3) is 0.526. The van der Waals surface area contributed by atoms with Gasteiger partial charge in [-0.3, -0.25) is 4.98 Å². The molecule has 0 spiro atoms. The van der Waals surface area contributed by atoms with Gasteiger partial charge >= 0.3 is 6.03 Å². The number of primary amides is 1. The van der Waals surface area contributed by atoms with Gasteiger partial charge < -0.3 is 16.2 Å². The quantitative estimate of drug-likeness (QED) is 0.581. The topological polar surface area (TPSA) is 144 Å². The van der Waals surface area contributed by atoms with Gasteiger partial charge in [0, 0.05) is 22.7 Å². The van der Waals surface area contributed by atoms with Crippen molar-refractivity contribution >= 4 is 34.0 Å². The lowest BCUT2D eigenvalue weighted by Gasteiger charge is -2.15. The molecule has 2 aliphatic carbocycles. The van der Waals surface area contributed by atoms with Gasteiger partial charge in [0.15, 0.2) is 15.3 Å².